The van der Waals surface area contributed by atoms with Crippen LogP contribution in [0.15, 0.2) is 91.0 Å². The molecule has 4 rings (SSSR count). The Morgan fingerprint density at radius 1 is 0.667 bits per heavy atom. The molecule has 0 N–H and O–H groups in total. The number of benzene rings is 3. The van der Waals surface area contributed by atoms with Crippen LogP contribution in [0.1, 0.15) is 38.0 Å². The summed E-state index contributed by atoms with van der Waals surface area (Å²) in [4.78, 5) is 38.7. The van der Waals surface area contributed by atoms with Gasteiger partial charge in [0.25, 0.3) is 0 Å². The minimum absolute atomic E-state index is 0.235. The maximum Gasteiger partial charge on any atom is 0.340 e. The van der Waals surface area contributed by atoms with Crippen LogP contribution in [0.4, 0.5) is 0 Å². The zero-order valence-electron chi connectivity index (χ0n) is 19.4. The number of nitrogens with zero attached hydrogens (tertiary/aromatic N) is 1. The fourth-order valence-corrected chi connectivity index (χ4v) is 3.79. The van der Waals surface area contributed by atoms with Gasteiger partial charge in [0.2, 0.25) is 12.4 Å². The van der Waals surface area contributed by atoms with Crippen LogP contribution in [0.25, 0.3) is 0 Å². The second-order valence-electron chi connectivity index (χ2n) is 8.16. The van der Waals surface area contributed by atoms with Gasteiger partial charge in [-0.05, 0) is 36.4 Å². The lowest BCUT2D eigenvalue weighted by Gasteiger charge is -2.41. The van der Waals surface area contributed by atoms with Crippen molar-refractivity contribution in [2.45, 2.75) is 31.5 Å². The van der Waals surface area contributed by atoms with Gasteiger partial charge in [0.15, 0.2) is 12.2 Å². The summed E-state index contributed by atoms with van der Waals surface area (Å²) in [6.45, 7) is 1.63. The van der Waals surface area contributed by atoms with Crippen molar-refractivity contribution < 1.29 is 33.3 Å². The second kappa shape index (κ2) is 11.3. The third-order valence-corrected chi connectivity index (χ3v) is 5.73. The first kappa shape index (κ1) is 24.6. The minimum Gasteiger partial charge on any atom is -0.454 e. The van der Waals surface area contributed by atoms with Gasteiger partial charge in [-0.1, -0.05) is 61.5 Å². The van der Waals surface area contributed by atoms with Crippen LogP contribution in [0.2, 0.25) is 0 Å². The van der Waals surface area contributed by atoms with Crippen LogP contribution in [-0.4, -0.2) is 42.5 Å². The summed E-state index contributed by atoms with van der Waals surface area (Å²) in [5.74, 6) is -2.86. The molecule has 36 heavy (non-hydrogen) atoms. The van der Waals surface area contributed by atoms with E-state index in [-0.39, 0.29) is 16.7 Å². The Labute approximate surface area is 208 Å². The van der Waals surface area contributed by atoms with E-state index in [4.69, 9.17) is 18.9 Å². The molecule has 0 radical (unpaired) electrons. The van der Waals surface area contributed by atoms with E-state index in [2.05, 4.69) is 0 Å². The number of nitriles is 1. The van der Waals surface area contributed by atoms with Crippen molar-refractivity contribution in [2.75, 3.05) is 0 Å². The first-order valence-electron chi connectivity index (χ1n) is 11.3. The highest BCUT2D eigenvalue weighted by Gasteiger charge is 2.50. The van der Waals surface area contributed by atoms with Gasteiger partial charge in [0.05, 0.1) is 22.8 Å². The molecule has 0 bridgehead atoms. The summed E-state index contributed by atoms with van der Waals surface area (Å²) < 4.78 is 22.7. The fourth-order valence-electron chi connectivity index (χ4n) is 3.79. The van der Waals surface area contributed by atoms with Gasteiger partial charge in [-0.3, -0.25) is 0 Å². The Morgan fingerprint density at radius 3 is 1.47 bits per heavy atom. The highest BCUT2D eigenvalue weighted by Crippen LogP contribution is 2.32. The third-order valence-electron chi connectivity index (χ3n) is 5.73. The quantitative estimate of drug-likeness (QED) is 0.378. The summed E-state index contributed by atoms with van der Waals surface area (Å²) in [6, 6.07) is 26.6. The van der Waals surface area contributed by atoms with Gasteiger partial charge in [0, 0.05) is 5.92 Å². The third kappa shape index (κ3) is 5.59. The second-order valence-corrected chi connectivity index (χ2v) is 8.16. The Kier molecular flexibility index (Phi) is 7.73. The van der Waals surface area contributed by atoms with Crippen LogP contribution >= 0.6 is 0 Å². The van der Waals surface area contributed by atoms with E-state index < -0.39 is 48.4 Å². The topological polar surface area (TPSA) is 112 Å². The van der Waals surface area contributed by atoms with Crippen LogP contribution < -0.4 is 0 Å². The SMILES string of the molecule is C[C@H]1C(C#N)OC(OC(=O)c2ccccc2)C(OC(=O)c2ccccc2)[C@@H]1OC(=O)c1ccccc1. The van der Waals surface area contributed by atoms with E-state index in [9.17, 15) is 19.6 Å². The maximum absolute atomic E-state index is 12.9. The number of hydrogen-bond acceptors (Lipinski definition) is 8. The summed E-state index contributed by atoms with van der Waals surface area (Å²) in [5.41, 5.74) is 0.753. The number of rotatable bonds is 6. The molecule has 5 atom stereocenters. The van der Waals surface area contributed by atoms with Gasteiger partial charge in [-0.2, -0.15) is 5.26 Å². The molecule has 1 aliphatic heterocycles. The molecule has 1 heterocycles. The maximum atomic E-state index is 12.9. The molecule has 1 aliphatic rings. The highest BCUT2D eigenvalue weighted by molar-refractivity contribution is 5.91. The number of ether oxygens (including phenoxy) is 4. The zero-order valence-corrected chi connectivity index (χ0v) is 19.4. The molecule has 0 spiro atoms. The Hall–Kier alpha value is -4.48. The molecule has 3 aromatic carbocycles. The van der Waals surface area contributed by atoms with Crippen LogP contribution in [0.3, 0.4) is 0 Å². The smallest absolute Gasteiger partial charge is 0.340 e. The van der Waals surface area contributed by atoms with Crippen LogP contribution in [0.5, 0.6) is 0 Å². The first-order chi connectivity index (χ1) is 17.5. The lowest BCUT2D eigenvalue weighted by Crippen LogP contribution is -2.57. The van der Waals surface area contributed by atoms with E-state index in [0.29, 0.717) is 0 Å². The lowest BCUT2D eigenvalue weighted by atomic mass is 9.90. The van der Waals surface area contributed by atoms with E-state index in [1.807, 2.05) is 6.07 Å². The van der Waals surface area contributed by atoms with E-state index in [1.165, 1.54) is 0 Å². The van der Waals surface area contributed by atoms with Crippen molar-refractivity contribution in [2.24, 2.45) is 5.92 Å². The molecule has 8 heteroatoms. The molecule has 0 aliphatic carbocycles. The lowest BCUT2D eigenvalue weighted by molar-refractivity contribution is -0.252. The van der Waals surface area contributed by atoms with Crippen molar-refractivity contribution in [3.8, 4) is 6.07 Å². The number of carbonyl (C=O) groups is 3. The Bertz CT molecular complexity index is 1240. The van der Waals surface area contributed by atoms with Crippen molar-refractivity contribution in [1.82, 2.24) is 0 Å². The van der Waals surface area contributed by atoms with Crippen molar-refractivity contribution in [3.05, 3.63) is 108 Å². The van der Waals surface area contributed by atoms with Gasteiger partial charge in [-0.15, -0.1) is 0 Å². The monoisotopic (exact) mass is 485 g/mol. The number of esters is 3. The molecule has 0 saturated carbocycles. The predicted molar refractivity (Wildman–Crippen MR) is 127 cm³/mol. The highest BCUT2D eigenvalue weighted by atomic mass is 16.7. The molecule has 0 aromatic heterocycles. The van der Waals surface area contributed by atoms with Crippen molar-refractivity contribution in [3.63, 3.8) is 0 Å². The molecule has 1 saturated heterocycles. The van der Waals surface area contributed by atoms with E-state index >= 15 is 0 Å². The van der Waals surface area contributed by atoms with Gasteiger partial charge in [0.1, 0.15) is 0 Å². The normalized spacial score (nSPS) is 23.1. The van der Waals surface area contributed by atoms with E-state index in [1.54, 1.807) is 97.9 Å². The fraction of sp³-hybridized carbons (Fsp3) is 0.214. The standard InChI is InChI=1S/C28H23NO7/c1-18-22(17-29)33-28(36-27(32)21-15-9-4-10-16-21)24(35-26(31)20-13-7-3-8-14-20)23(18)34-25(30)19-11-5-2-6-12-19/h2-16,18,22-24,28H,1H3/t18-,22?,23+,24?,28?/m0/s1. The van der Waals surface area contributed by atoms with Crippen LogP contribution in [0, 0.1) is 17.2 Å². The largest absolute Gasteiger partial charge is 0.454 e. The van der Waals surface area contributed by atoms with Crippen LogP contribution in [-0.2, 0) is 18.9 Å². The molecular weight excluding hydrogens is 462 g/mol. The average Bonchev–Trinajstić information content (AvgIpc) is 2.93. The van der Waals surface area contributed by atoms with Gasteiger partial charge in [-0.25, -0.2) is 14.4 Å². The summed E-state index contributed by atoms with van der Waals surface area (Å²) in [5, 5.41) is 9.68. The molecule has 8 nitrogen and oxygen atoms in total. The summed E-state index contributed by atoms with van der Waals surface area (Å²) >= 11 is 0. The first-order valence-corrected chi connectivity index (χ1v) is 11.3. The molecule has 3 unspecified atom stereocenters. The van der Waals surface area contributed by atoms with Gasteiger partial charge >= 0.3 is 17.9 Å². The molecular formula is C28H23NO7. The number of carbonyl (C=O) groups excluding carboxylic acids is 3. The predicted octanol–water partition coefficient (Wildman–Crippen LogP) is 4.18. The molecule has 1 fully saturated rings. The minimum atomic E-state index is -1.50. The average molecular weight is 485 g/mol. The van der Waals surface area contributed by atoms with E-state index in [0.717, 1.165) is 0 Å². The summed E-state index contributed by atoms with van der Waals surface area (Å²) in [6.07, 6.45) is -5.08. The Morgan fingerprint density at radius 2 is 1.06 bits per heavy atom. The zero-order chi connectivity index (χ0) is 25.5. The van der Waals surface area contributed by atoms with Crippen molar-refractivity contribution in [1.29, 1.82) is 5.26 Å². The molecule has 182 valence electrons. The Balaban J connectivity index is 1.66. The molecule has 0 amide bonds. The molecule has 3 aromatic rings. The summed E-state index contributed by atoms with van der Waals surface area (Å²) in [7, 11) is 0. The number of hydrogen-bond donors (Lipinski definition) is 0. The van der Waals surface area contributed by atoms with Crippen molar-refractivity contribution >= 4 is 17.9 Å². The van der Waals surface area contributed by atoms with Gasteiger partial charge < -0.3 is 18.9 Å².